The highest BCUT2D eigenvalue weighted by Crippen LogP contribution is 2.47. The van der Waals surface area contributed by atoms with E-state index in [0.717, 1.165) is 72.2 Å². The van der Waals surface area contributed by atoms with E-state index < -0.39 is 9.84 Å². The van der Waals surface area contributed by atoms with Crippen LogP contribution in [0.15, 0.2) is 124 Å². The number of aliphatic imine (C=N–C) groups is 1. The van der Waals surface area contributed by atoms with E-state index in [-0.39, 0.29) is 9.79 Å². The summed E-state index contributed by atoms with van der Waals surface area (Å²) in [6, 6.07) is 36.0. The summed E-state index contributed by atoms with van der Waals surface area (Å²) in [5, 5.41) is 12.5. The standard InChI is InChI=1S/C36H20N4O2S/c37-20-21-9-13-23(14-10-21)43(41,42)24-15-11-22(12-16-24)40-34-19-27-25-5-1-3-7-31(25)38-33(27)18-28(34)30-17-29-26-6-2-4-8-32(26)39-35(29)36(30)40/h1-19,38H. The highest BCUT2D eigenvalue weighted by Gasteiger charge is 2.34. The molecule has 5 aromatic carbocycles. The molecule has 43 heavy (non-hydrogen) atoms. The van der Waals surface area contributed by atoms with Crippen LogP contribution in [0.3, 0.4) is 0 Å². The van der Waals surface area contributed by atoms with Crippen molar-refractivity contribution in [1.82, 2.24) is 9.55 Å². The molecule has 0 unspecified atom stereocenters. The van der Waals surface area contributed by atoms with Crippen LogP contribution in [0.2, 0.25) is 0 Å². The van der Waals surface area contributed by atoms with Crippen LogP contribution in [0.5, 0.6) is 0 Å². The van der Waals surface area contributed by atoms with Crippen molar-refractivity contribution < 1.29 is 8.42 Å². The molecule has 0 spiro atoms. The fourth-order valence-corrected chi connectivity index (χ4v) is 7.76. The summed E-state index contributed by atoms with van der Waals surface area (Å²) in [5.41, 5.74) is 10.6. The minimum absolute atomic E-state index is 0.153. The molecule has 1 aliphatic carbocycles. The molecule has 0 fully saturated rings. The van der Waals surface area contributed by atoms with Gasteiger partial charge < -0.3 is 9.55 Å². The summed E-state index contributed by atoms with van der Waals surface area (Å²) >= 11 is 0. The van der Waals surface area contributed by atoms with Crippen molar-refractivity contribution in [2.75, 3.05) is 0 Å². The molecule has 2 aromatic heterocycles. The number of aromatic amines is 1. The van der Waals surface area contributed by atoms with Gasteiger partial charge in [-0.25, -0.2) is 13.4 Å². The number of allylic oxidation sites excluding steroid dienone is 1. The van der Waals surface area contributed by atoms with Crippen LogP contribution < -0.4 is 0 Å². The fraction of sp³-hybridized carbons (Fsp3) is 0. The van der Waals surface area contributed by atoms with Crippen molar-refractivity contribution in [3.63, 3.8) is 0 Å². The molecular weight excluding hydrogens is 552 g/mol. The molecular formula is C36H20N4O2S. The highest BCUT2D eigenvalue weighted by atomic mass is 32.2. The lowest BCUT2D eigenvalue weighted by Gasteiger charge is -2.12. The van der Waals surface area contributed by atoms with E-state index in [1.807, 2.05) is 48.5 Å². The van der Waals surface area contributed by atoms with Gasteiger partial charge in [0.25, 0.3) is 0 Å². The van der Waals surface area contributed by atoms with Crippen molar-refractivity contribution in [1.29, 1.82) is 5.26 Å². The van der Waals surface area contributed by atoms with Crippen LogP contribution in [-0.4, -0.2) is 23.7 Å². The predicted octanol–water partition coefficient (Wildman–Crippen LogP) is 7.96. The van der Waals surface area contributed by atoms with Crippen LogP contribution in [0.25, 0.3) is 50.0 Å². The topological polar surface area (TPSA) is 91.0 Å². The molecule has 1 aliphatic heterocycles. The van der Waals surface area contributed by atoms with Crippen molar-refractivity contribution >= 4 is 65.6 Å². The lowest BCUT2D eigenvalue weighted by atomic mass is 10.0. The lowest BCUT2D eigenvalue weighted by Crippen LogP contribution is -2.07. The van der Waals surface area contributed by atoms with Crippen molar-refractivity contribution in [3.05, 3.63) is 132 Å². The third-order valence-electron chi connectivity index (χ3n) is 8.53. The van der Waals surface area contributed by atoms with E-state index in [2.05, 4.69) is 46.0 Å². The first-order valence-electron chi connectivity index (χ1n) is 13.9. The summed E-state index contributed by atoms with van der Waals surface area (Å²) in [4.78, 5) is 8.98. The summed E-state index contributed by atoms with van der Waals surface area (Å²) < 4.78 is 29.1. The number of hydrogen-bond donors (Lipinski definition) is 1. The molecule has 0 amide bonds. The molecule has 2 aliphatic rings. The molecule has 3 heterocycles. The second kappa shape index (κ2) is 8.41. The maximum Gasteiger partial charge on any atom is 0.206 e. The Morgan fingerprint density at radius 1 is 0.744 bits per heavy atom. The van der Waals surface area contributed by atoms with E-state index in [0.29, 0.717) is 5.56 Å². The van der Waals surface area contributed by atoms with Crippen LogP contribution in [0.1, 0.15) is 22.4 Å². The number of hydrogen-bond acceptors (Lipinski definition) is 4. The Morgan fingerprint density at radius 2 is 1.47 bits per heavy atom. The summed E-state index contributed by atoms with van der Waals surface area (Å²) in [6.07, 6.45) is 2.23. The van der Waals surface area contributed by atoms with E-state index >= 15 is 0 Å². The van der Waals surface area contributed by atoms with Crippen LogP contribution in [0, 0.1) is 11.3 Å². The Kier molecular flexibility index (Phi) is 4.68. The van der Waals surface area contributed by atoms with Crippen LogP contribution in [-0.2, 0) is 9.84 Å². The van der Waals surface area contributed by atoms with E-state index in [1.54, 1.807) is 12.1 Å². The largest absolute Gasteiger partial charge is 0.354 e. The lowest BCUT2D eigenvalue weighted by molar-refractivity contribution is 0.596. The first kappa shape index (κ1) is 23.9. The summed E-state index contributed by atoms with van der Waals surface area (Å²) in [6.45, 7) is 0. The second-order valence-electron chi connectivity index (χ2n) is 10.9. The van der Waals surface area contributed by atoms with E-state index in [4.69, 9.17) is 10.3 Å². The van der Waals surface area contributed by atoms with Gasteiger partial charge in [-0.15, -0.1) is 0 Å². The van der Waals surface area contributed by atoms with Gasteiger partial charge in [-0.2, -0.15) is 5.26 Å². The highest BCUT2D eigenvalue weighted by molar-refractivity contribution is 7.91. The number of rotatable bonds is 3. The number of sulfone groups is 1. The van der Waals surface area contributed by atoms with Gasteiger partial charge in [0.15, 0.2) is 0 Å². The van der Waals surface area contributed by atoms with Gasteiger partial charge in [0.05, 0.1) is 44.0 Å². The van der Waals surface area contributed by atoms with Gasteiger partial charge >= 0.3 is 0 Å². The molecule has 7 heteroatoms. The number of fused-ring (bicyclic) bond motifs is 10. The zero-order valence-electron chi connectivity index (χ0n) is 22.5. The summed E-state index contributed by atoms with van der Waals surface area (Å²) in [7, 11) is -3.76. The molecule has 6 nitrogen and oxygen atoms in total. The van der Waals surface area contributed by atoms with Gasteiger partial charge in [-0.05, 0) is 78.9 Å². The van der Waals surface area contributed by atoms with Gasteiger partial charge in [0.2, 0.25) is 9.84 Å². The number of nitrogens with one attached hydrogen (secondary N) is 1. The number of aromatic nitrogens is 2. The number of nitriles is 1. The van der Waals surface area contributed by atoms with Crippen LogP contribution in [0.4, 0.5) is 5.69 Å². The molecule has 202 valence electrons. The van der Waals surface area contributed by atoms with Gasteiger partial charge in [0.1, 0.15) is 0 Å². The molecule has 9 rings (SSSR count). The fourth-order valence-electron chi connectivity index (χ4n) is 6.50. The third kappa shape index (κ3) is 3.27. The Hall–Kier alpha value is -5.71. The summed E-state index contributed by atoms with van der Waals surface area (Å²) in [5.74, 6) is 0. The van der Waals surface area contributed by atoms with Crippen molar-refractivity contribution in [3.8, 4) is 11.8 Å². The normalized spacial score (nSPS) is 13.6. The maximum atomic E-state index is 13.4. The van der Waals surface area contributed by atoms with Gasteiger partial charge in [0, 0.05) is 49.6 Å². The minimum atomic E-state index is -3.76. The second-order valence-corrected chi connectivity index (χ2v) is 12.8. The van der Waals surface area contributed by atoms with Crippen LogP contribution >= 0.6 is 0 Å². The van der Waals surface area contributed by atoms with E-state index in [9.17, 15) is 8.42 Å². The Bertz CT molecular complexity index is 2560. The Balaban J connectivity index is 1.27. The average molecular weight is 573 g/mol. The maximum absolute atomic E-state index is 13.4. The predicted molar refractivity (Wildman–Crippen MR) is 170 cm³/mol. The monoisotopic (exact) mass is 572 g/mol. The first-order chi connectivity index (χ1) is 21.0. The molecule has 0 saturated heterocycles. The third-order valence-corrected chi connectivity index (χ3v) is 10.3. The van der Waals surface area contributed by atoms with Gasteiger partial charge in [-0.1, -0.05) is 36.4 Å². The van der Waals surface area contributed by atoms with Crippen molar-refractivity contribution in [2.24, 2.45) is 4.99 Å². The number of para-hydroxylation sites is 2. The molecule has 7 aromatic rings. The zero-order valence-corrected chi connectivity index (χ0v) is 23.4. The first-order valence-corrected chi connectivity index (χ1v) is 15.3. The molecule has 0 saturated carbocycles. The molecule has 1 N–H and O–H groups in total. The number of H-pyrrole nitrogens is 1. The zero-order chi connectivity index (χ0) is 28.9. The molecule has 0 radical (unpaired) electrons. The minimum Gasteiger partial charge on any atom is -0.354 e. The average Bonchev–Trinajstić information content (AvgIpc) is 3.77. The molecule has 0 bridgehead atoms. The smallest absolute Gasteiger partial charge is 0.206 e. The quantitative estimate of drug-likeness (QED) is 0.233. The number of nitrogens with zero attached hydrogens (tertiary/aromatic N) is 3. The number of benzene rings is 5. The Labute approximate surface area is 246 Å². The van der Waals surface area contributed by atoms with Crippen molar-refractivity contribution in [2.45, 2.75) is 9.79 Å². The Morgan fingerprint density at radius 3 is 2.26 bits per heavy atom. The molecule has 0 atom stereocenters. The van der Waals surface area contributed by atoms with Gasteiger partial charge in [-0.3, -0.25) is 0 Å². The van der Waals surface area contributed by atoms with E-state index in [1.165, 1.54) is 24.3 Å². The SMILES string of the molecule is N#Cc1ccc(S(=O)(=O)c2ccc(-n3c4c(c5cc6[nH]c7ccccc7c6cc53)C=C3C4=Nc4ccccc43)cc2)cc1.